The highest BCUT2D eigenvalue weighted by Crippen LogP contribution is 2.33. The van der Waals surface area contributed by atoms with Crippen LogP contribution in [0.1, 0.15) is 44.8 Å². The molecule has 3 aromatic rings. The quantitative estimate of drug-likeness (QED) is 0.635. The first-order valence-electron chi connectivity index (χ1n) is 9.30. The number of aryl methyl sites for hydroxylation is 1. The lowest BCUT2D eigenvalue weighted by molar-refractivity contribution is -0.126. The highest BCUT2D eigenvalue weighted by molar-refractivity contribution is 7.25. The Hall–Kier alpha value is -2.65. The van der Waals surface area contributed by atoms with Gasteiger partial charge in [-0.3, -0.25) is 14.4 Å². The zero-order chi connectivity index (χ0) is 21.5. The van der Waals surface area contributed by atoms with E-state index in [0.29, 0.717) is 33.9 Å². The van der Waals surface area contributed by atoms with Crippen molar-refractivity contribution in [2.75, 3.05) is 12.1 Å². The Morgan fingerprint density at radius 1 is 1.24 bits per heavy atom. The van der Waals surface area contributed by atoms with Crippen molar-refractivity contribution in [2.45, 2.75) is 47.6 Å². The predicted octanol–water partition coefficient (Wildman–Crippen LogP) is 2.69. The van der Waals surface area contributed by atoms with Gasteiger partial charge in [0, 0.05) is 38.5 Å². The van der Waals surface area contributed by atoms with Crippen molar-refractivity contribution in [1.82, 2.24) is 14.6 Å². The molecule has 3 heterocycles. The van der Waals surface area contributed by atoms with Crippen LogP contribution in [0.4, 0.5) is 0 Å². The molecule has 9 heteroatoms. The van der Waals surface area contributed by atoms with Crippen LogP contribution in [0.5, 0.6) is 0 Å². The second-order valence-electron chi connectivity index (χ2n) is 7.41. The zero-order valence-electron chi connectivity index (χ0n) is 17.4. The fraction of sp³-hybridized carbons (Fsp3) is 0.450. The molecule has 0 radical (unpaired) electrons. The summed E-state index contributed by atoms with van der Waals surface area (Å²) in [4.78, 5) is 47.8. The van der Waals surface area contributed by atoms with Crippen LogP contribution >= 0.6 is 11.3 Å². The summed E-state index contributed by atoms with van der Waals surface area (Å²) >= 11 is 1.21. The molecule has 0 bridgehead atoms. The summed E-state index contributed by atoms with van der Waals surface area (Å²) in [5.41, 5.74) is 1.80. The molecule has 0 saturated heterocycles. The van der Waals surface area contributed by atoms with Gasteiger partial charge < -0.3 is 4.74 Å². The van der Waals surface area contributed by atoms with E-state index in [2.05, 4.69) is 4.98 Å². The maximum Gasteiger partial charge on any atom is 0.291 e. The molecule has 8 nitrogen and oxygen atoms in total. The highest BCUT2D eigenvalue weighted by atomic mass is 32.1. The van der Waals surface area contributed by atoms with E-state index in [9.17, 15) is 14.4 Å². The second-order valence-corrected chi connectivity index (χ2v) is 8.41. The van der Waals surface area contributed by atoms with Crippen LogP contribution < -0.4 is 10.6 Å². The molecule has 154 valence electrons. The van der Waals surface area contributed by atoms with E-state index in [1.54, 1.807) is 7.11 Å². The Balaban J connectivity index is 2.47. The largest absolute Gasteiger partial charge is 0.380 e. The average molecular weight is 417 g/mol. The van der Waals surface area contributed by atoms with Crippen LogP contribution in [0.15, 0.2) is 10.9 Å². The molecule has 0 atom stereocenters. The number of carbonyl (C=O) groups is 2. The summed E-state index contributed by atoms with van der Waals surface area (Å²) in [6.45, 7) is 8.72. The minimum Gasteiger partial charge on any atom is -0.380 e. The lowest BCUT2D eigenvalue weighted by atomic mass is 10.1. The summed E-state index contributed by atoms with van der Waals surface area (Å²) in [6, 6.07) is 1.92. The molecule has 0 spiro atoms. The number of fused-ring (bicyclic) bond motifs is 3. The van der Waals surface area contributed by atoms with Gasteiger partial charge in [0.25, 0.3) is 5.56 Å². The van der Waals surface area contributed by atoms with Crippen molar-refractivity contribution in [2.24, 2.45) is 5.92 Å². The smallest absolute Gasteiger partial charge is 0.291 e. The van der Waals surface area contributed by atoms with Gasteiger partial charge in [0.05, 0.1) is 12.1 Å². The number of rotatable bonds is 5. The van der Waals surface area contributed by atoms with Crippen molar-refractivity contribution in [3.05, 3.63) is 33.5 Å². The molecular weight excluding hydrogens is 392 g/mol. The van der Waals surface area contributed by atoms with Crippen molar-refractivity contribution < 1.29 is 14.3 Å². The Morgan fingerprint density at radius 3 is 2.45 bits per heavy atom. The molecule has 0 aliphatic carbocycles. The maximum absolute atomic E-state index is 13.4. The third kappa shape index (κ3) is 3.79. The van der Waals surface area contributed by atoms with Crippen LogP contribution in [-0.4, -0.2) is 33.6 Å². The average Bonchev–Trinajstić information content (AvgIpc) is 2.95. The van der Waals surface area contributed by atoms with Gasteiger partial charge in [0.2, 0.25) is 11.8 Å². The normalized spacial score (nSPS) is 11.6. The lowest BCUT2D eigenvalue weighted by Gasteiger charge is -2.23. The number of amides is 2. The molecule has 29 heavy (non-hydrogen) atoms. The van der Waals surface area contributed by atoms with Gasteiger partial charge in [-0.2, -0.15) is 9.69 Å². The van der Waals surface area contributed by atoms with Crippen molar-refractivity contribution in [3.63, 3.8) is 0 Å². The number of carbonyl (C=O) groups excluding carboxylic acids is 2. The predicted molar refractivity (Wildman–Crippen MR) is 113 cm³/mol. The topological polar surface area (TPSA) is 94.4 Å². The summed E-state index contributed by atoms with van der Waals surface area (Å²) in [5.74, 6) is -0.552. The summed E-state index contributed by atoms with van der Waals surface area (Å²) in [6.07, 6.45) is 0.429. The van der Waals surface area contributed by atoms with Gasteiger partial charge in [-0.25, -0.2) is 9.97 Å². The molecule has 2 amide bonds. The van der Waals surface area contributed by atoms with E-state index in [0.717, 1.165) is 26.3 Å². The number of nitrogens with zero attached hydrogens (tertiary/aromatic N) is 4. The number of thiophene rings is 1. The molecule has 0 aliphatic rings. The monoisotopic (exact) mass is 416 g/mol. The number of imide groups is 1. The molecule has 0 N–H and O–H groups in total. The molecular formula is C20H24N4O4S. The SMILES string of the molecule is COCc1cc(C)nc2sc3c(=O)n(N(C(C)=O)C(C)=O)c(CC(C)C)nc3c12. The van der Waals surface area contributed by atoms with E-state index >= 15 is 0 Å². The van der Waals surface area contributed by atoms with Gasteiger partial charge in [-0.1, -0.05) is 13.8 Å². The van der Waals surface area contributed by atoms with Gasteiger partial charge >= 0.3 is 0 Å². The number of hydrogen-bond donors (Lipinski definition) is 0. The Bertz CT molecular complexity index is 1160. The molecule has 0 fully saturated rings. The van der Waals surface area contributed by atoms with E-state index < -0.39 is 17.4 Å². The van der Waals surface area contributed by atoms with E-state index in [-0.39, 0.29) is 5.92 Å². The van der Waals surface area contributed by atoms with Crippen LogP contribution in [0, 0.1) is 12.8 Å². The van der Waals surface area contributed by atoms with Crippen LogP contribution in [0.2, 0.25) is 0 Å². The minimum atomic E-state index is -0.541. The second kappa shape index (κ2) is 8.00. The van der Waals surface area contributed by atoms with Gasteiger partial charge in [0.15, 0.2) is 0 Å². The fourth-order valence-corrected chi connectivity index (χ4v) is 4.54. The Kier molecular flexibility index (Phi) is 5.81. The van der Waals surface area contributed by atoms with Crippen molar-refractivity contribution >= 4 is 43.6 Å². The standard InChI is InChI=1S/C20H24N4O4S/c1-10(2)7-15-22-17-16-14(9-28-6)8-11(3)21-19(16)29-18(17)20(27)24(15)23(12(4)25)13(5)26/h8,10H,7,9H2,1-6H3. The first kappa shape index (κ1) is 21.1. The van der Waals surface area contributed by atoms with Crippen molar-refractivity contribution in [3.8, 4) is 0 Å². The van der Waals surface area contributed by atoms with Gasteiger partial charge in [-0.15, -0.1) is 11.3 Å². The number of pyridine rings is 1. The molecule has 0 unspecified atom stereocenters. The van der Waals surface area contributed by atoms with Crippen LogP contribution in [0.3, 0.4) is 0 Å². The summed E-state index contributed by atoms with van der Waals surface area (Å²) < 4.78 is 6.80. The Labute approximate surface area is 172 Å². The van der Waals surface area contributed by atoms with E-state index in [4.69, 9.17) is 9.72 Å². The molecule has 0 aliphatic heterocycles. The van der Waals surface area contributed by atoms with E-state index in [1.807, 2.05) is 26.8 Å². The molecule has 3 rings (SSSR count). The van der Waals surface area contributed by atoms with Crippen LogP contribution in [-0.2, 0) is 27.4 Å². The first-order chi connectivity index (χ1) is 13.6. The van der Waals surface area contributed by atoms with Crippen LogP contribution in [0.25, 0.3) is 20.4 Å². The molecule has 0 aromatic carbocycles. The minimum absolute atomic E-state index is 0.162. The molecule has 3 aromatic heterocycles. The highest BCUT2D eigenvalue weighted by Gasteiger charge is 2.26. The number of ether oxygens (including phenoxy) is 1. The first-order valence-corrected chi connectivity index (χ1v) is 10.1. The van der Waals surface area contributed by atoms with Crippen molar-refractivity contribution in [1.29, 1.82) is 0 Å². The third-order valence-electron chi connectivity index (χ3n) is 4.41. The summed E-state index contributed by atoms with van der Waals surface area (Å²) in [7, 11) is 1.61. The molecule has 0 saturated carbocycles. The third-order valence-corrected chi connectivity index (χ3v) is 5.47. The Morgan fingerprint density at radius 2 is 1.90 bits per heavy atom. The zero-order valence-corrected chi connectivity index (χ0v) is 18.2. The van der Waals surface area contributed by atoms with Gasteiger partial charge in [-0.05, 0) is 24.5 Å². The number of aromatic nitrogens is 3. The lowest BCUT2D eigenvalue weighted by Crippen LogP contribution is -2.50. The number of methoxy groups -OCH3 is 1. The summed E-state index contributed by atoms with van der Waals surface area (Å²) in [5, 5.41) is 1.63. The maximum atomic E-state index is 13.4. The number of hydrogen-bond acceptors (Lipinski definition) is 7. The van der Waals surface area contributed by atoms with E-state index in [1.165, 1.54) is 25.2 Å². The fourth-order valence-electron chi connectivity index (χ4n) is 3.41. The van der Waals surface area contributed by atoms with Gasteiger partial charge in [0.1, 0.15) is 15.4 Å².